The van der Waals surface area contributed by atoms with Gasteiger partial charge in [-0.05, 0) is 17.7 Å². The zero-order valence-electron chi connectivity index (χ0n) is 14.0. The molecule has 0 atom stereocenters. The fourth-order valence-corrected chi connectivity index (χ4v) is 3.94. The second-order valence-corrected chi connectivity index (χ2v) is 7.36. The molecule has 1 amide bonds. The summed E-state index contributed by atoms with van der Waals surface area (Å²) >= 11 is 2.89. The average Bonchev–Trinajstić information content (AvgIpc) is 3.30. The SMILES string of the molecule is CC(=O)Nc1nnc(SCc2ccc(-n3ccnc3)cc2C#CCN)s1. The Kier molecular flexibility index (Phi) is 6.01. The minimum absolute atomic E-state index is 0.160. The van der Waals surface area contributed by atoms with Crippen molar-refractivity contribution >= 4 is 34.1 Å². The maximum Gasteiger partial charge on any atom is 0.223 e. The standard InChI is InChI=1S/C17H16N6OS2/c1-12(24)20-16-21-22-17(26-16)25-10-14-4-5-15(23-8-7-19-11-23)9-13(14)3-2-6-18/h4-5,7-9,11H,6,10,18H2,1H3,(H,20,21,24). The molecule has 0 aliphatic carbocycles. The Morgan fingerprint density at radius 1 is 1.42 bits per heavy atom. The molecule has 3 N–H and O–H groups in total. The Labute approximate surface area is 159 Å². The number of carbonyl (C=O) groups excluding carboxylic acids is 1. The van der Waals surface area contributed by atoms with Gasteiger partial charge in [0.05, 0.1) is 12.9 Å². The molecule has 3 aromatic rings. The number of carbonyl (C=O) groups is 1. The van der Waals surface area contributed by atoms with Crippen LogP contribution >= 0.6 is 23.1 Å². The molecule has 0 radical (unpaired) electrons. The first-order chi connectivity index (χ1) is 12.7. The molecular weight excluding hydrogens is 368 g/mol. The van der Waals surface area contributed by atoms with Gasteiger partial charge in [-0.15, -0.1) is 10.2 Å². The first-order valence-corrected chi connectivity index (χ1v) is 9.50. The molecule has 0 aliphatic heterocycles. The molecule has 0 saturated carbocycles. The largest absolute Gasteiger partial charge is 0.320 e. The molecule has 0 bridgehead atoms. The van der Waals surface area contributed by atoms with Gasteiger partial charge in [0.1, 0.15) is 0 Å². The van der Waals surface area contributed by atoms with Gasteiger partial charge in [-0.25, -0.2) is 4.98 Å². The molecule has 1 aromatic carbocycles. The van der Waals surface area contributed by atoms with Crippen LogP contribution < -0.4 is 11.1 Å². The van der Waals surface area contributed by atoms with Crippen molar-refractivity contribution < 1.29 is 4.79 Å². The summed E-state index contributed by atoms with van der Waals surface area (Å²) < 4.78 is 2.71. The van der Waals surface area contributed by atoms with Crippen molar-refractivity contribution in [3.8, 4) is 17.5 Å². The van der Waals surface area contributed by atoms with E-state index in [1.165, 1.54) is 18.3 Å². The lowest BCUT2D eigenvalue weighted by molar-refractivity contribution is -0.114. The molecule has 0 fully saturated rings. The number of aromatic nitrogens is 4. The Hall–Kier alpha value is -2.67. The molecular formula is C17H16N6OS2. The summed E-state index contributed by atoms with van der Waals surface area (Å²) in [4.78, 5) is 15.1. The molecule has 7 nitrogen and oxygen atoms in total. The van der Waals surface area contributed by atoms with E-state index in [1.54, 1.807) is 24.3 Å². The molecule has 0 unspecified atom stereocenters. The van der Waals surface area contributed by atoms with Gasteiger partial charge in [0.25, 0.3) is 0 Å². The Bertz CT molecular complexity index is 955. The number of thioether (sulfide) groups is 1. The number of nitrogens with one attached hydrogen (secondary N) is 1. The Morgan fingerprint density at radius 3 is 3.04 bits per heavy atom. The zero-order chi connectivity index (χ0) is 18.4. The van der Waals surface area contributed by atoms with Crippen molar-refractivity contribution in [2.45, 2.75) is 17.0 Å². The third-order valence-electron chi connectivity index (χ3n) is 3.26. The van der Waals surface area contributed by atoms with E-state index in [0.29, 0.717) is 17.4 Å². The van der Waals surface area contributed by atoms with E-state index in [0.717, 1.165) is 21.2 Å². The third-order valence-corrected chi connectivity index (χ3v) is 5.28. The minimum Gasteiger partial charge on any atom is -0.320 e. The number of rotatable bonds is 5. The second kappa shape index (κ2) is 8.62. The molecule has 0 saturated heterocycles. The van der Waals surface area contributed by atoms with Gasteiger partial charge in [-0.1, -0.05) is 41.0 Å². The summed E-state index contributed by atoms with van der Waals surface area (Å²) in [7, 11) is 0. The summed E-state index contributed by atoms with van der Waals surface area (Å²) in [6.07, 6.45) is 5.36. The molecule has 2 heterocycles. The van der Waals surface area contributed by atoms with Crippen molar-refractivity contribution in [1.29, 1.82) is 0 Å². The van der Waals surface area contributed by atoms with Crippen molar-refractivity contribution in [3.63, 3.8) is 0 Å². The van der Waals surface area contributed by atoms with Crippen molar-refractivity contribution in [2.24, 2.45) is 5.73 Å². The number of nitrogens with two attached hydrogens (primary N) is 1. The van der Waals surface area contributed by atoms with Crippen molar-refractivity contribution in [1.82, 2.24) is 19.7 Å². The normalized spacial score (nSPS) is 10.2. The second-order valence-electron chi connectivity index (χ2n) is 5.16. The average molecular weight is 384 g/mol. The van der Waals surface area contributed by atoms with Crippen LogP contribution in [0.5, 0.6) is 0 Å². The highest BCUT2D eigenvalue weighted by Crippen LogP contribution is 2.29. The smallest absolute Gasteiger partial charge is 0.223 e. The molecule has 26 heavy (non-hydrogen) atoms. The summed E-state index contributed by atoms with van der Waals surface area (Å²) in [6.45, 7) is 1.75. The predicted octanol–water partition coefficient (Wildman–Crippen LogP) is 2.28. The third kappa shape index (κ3) is 4.70. The monoisotopic (exact) mass is 384 g/mol. The molecule has 132 valence electrons. The van der Waals surface area contributed by atoms with Crippen LogP contribution in [-0.2, 0) is 10.5 Å². The topological polar surface area (TPSA) is 98.7 Å². The zero-order valence-corrected chi connectivity index (χ0v) is 15.6. The van der Waals surface area contributed by atoms with E-state index in [4.69, 9.17) is 5.73 Å². The molecule has 3 rings (SSSR count). The van der Waals surface area contributed by atoms with E-state index in [-0.39, 0.29) is 5.91 Å². The minimum atomic E-state index is -0.160. The van der Waals surface area contributed by atoms with Crippen LogP contribution in [0.3, 0.4) is 0 Å². The van der Waals surface area contributed by atoms with Crippen LogP contribution in [0.1, 0.15) is 18.1 Å². The fraction of sp³-hybridized carbons (Fsp3) is 0.176. The molecule has 9 heteroatoms. The van der Waals surface area contributed by atoms with E-state index in [2.05, 4.69) is 32.3 Å². The van der Waals surface area contributed by atoms with Crippen LogP contribution in [0.4, 0.5) is 5.13 Å². The number of anilines is 1. The van der Waals surface area contributed by atoms with Gasteiger partial charge in [-0.2, -0.15) is 0 Å². The predicted molar refractivity (Wildman–Crippen MR) is 103 cm³/mol. The van der Waals surface area contributed by atoms with Gasteiger partial charge in [0.15, 0.2) is 4.34 Å². The summed E-state index contributed by atoms with van der Waals surface area (Å²) in [6, 6.07) is 6.08. The maximum absolute atomic E-state index is 11.1. The molecule has 0 aliphatic rings. The lowest BCUT2D eigenvalue weighted by Gasteiger charge is -2.07. The van der Waals surface area contributed by atoms with Crippen LogP contribution in [0.15, 0.2) is 41.3 Å². The van der Waals surface area contributed by atoms with Gasteiger partial charge >= 0.3 is 0 Å². The van der Waals surface area contributed by atoms with Crippen molar-refractivity contribution in [3.05, 3.63) is 48.0 Å². The number of nitrogens with zero attached hydrogens (tertiary/aromatic N) is 4. The van der Waals surface area contributed by atoms with Gasteiger partial charge < -0.3 is 15.6 Å². The fourth-order valence-electron chi connectivity index (χ4n) is 2.13. The number of benzene rings is 1. The highest BCUT2D eigenvalue weighted by Gasteiger charge is 2.09. The van der Waals surface area contributed by atoms with Gasteiger partial charge in [0, 0.05) is 36.3 Å². The van der Waals surface area contributed by atoms with Crippen LogP contribution in [-0.4, -0.2) is 32.2 Å². The van der Waals surface area contributed by atoms with E-state index in [9.17, 15) is 4.79 Å². The number of imidazole rings is 1. The van der Waals surface area contributed by atoms with Gasteiger partial charge in [-0.3, -0.25) is 4.79 Å². The van der Waals surface area contributed by atoms with Gasteiger partial charge in [0.2, 0.25) is 11.0 Å². The lowest BCUT2D eigenvalue weighted by Crippen LogP contribution is -2.04. The van der Waals surface area contributed by atoms with E-state index in [1.807, 2.05) is 29.0 Å². The Balaban J connectivity index is 1.78. The first kappa shape index (κ1) is 18.1. The lowest BCUT2D eigenvalue weighted by atomic mass is 10.1. The van der Waals surface area contributed by atoms with Crippen molar-refractivity contribution in [2.75, 3.05) is 11.9 Å². The van der Waals surface area contributed by atoms with E-state index >= 15 is 0 Å². The maximum atomic E-state index is 11.1. The number of amides is 1. The highest BCUT2D eigenvalue weighted by atomic mass is 32.2. The highest BCUT2D eigenvalue weighted by molar-refractivity contribution is 8.00. The van der Waals surface area contributed by atoms with E-state index < -0.39 is 0 Å². The molecule has 2 aromatic heterocycles. The van der Waals surface area contributed by atoms with Crippen LogP contribution in [0.2, 0.25) is 0 Å². The first-order valence-electron chi connectivity index (χ1n) is 7.70. The number of hydrogen-bond donors (Lipinski definition) is 2. The van der Waals surface area contributed by atoms with Crippen LogP contribution in [0, 0.1) is 11.8 Å². The Morgan fingerprint density at radius 2 is 2.31 bits per heavy atom. The summed E-state index contributed by atoms with van der Waals surface area (Å²) in [5, 5.41) is 11.2. The quantitative estimate of drug-likeness (QED) is 0.398. The summed E-state index contributed by atoms with van der Waals surface area (Å²) in [5.74, 6) is 6.57. The molecule has 0 spiro atoms. The summed E-state index contributed by atoms with van der Waals surface area (Å²) in [5.41, 5.74) is 8.51. The number of hydrogen-bond acceptors (Lipinski definition) is 7. The van der Waals surface area contributed by atoms with Crippen LogP contribution in [0.25, 0.3) is 5.69 Å².